The van der Waals surface area contributed by atoms with Crippen LogP contribution in [0.1, 0.15) is 23.0 Å². The minimum absolute atomic E-state index is 0.147. The van der Waals surface area contributed by atoms with Crippen molar-refractivity contribution in [2.45, 2.75) is 19.4 Å². The highest BCUT2D eigenvalue weighted by Gasteiger charge is 2.26. The van der Waals surface area contributed by atoms with Gasteiger partial charge in [0.1, 0.15) is 17.6 Å². The monoisotopic (exact) mass is 335 g/mol. The summed E-state index contributed by atoms with van der Waals surface area (Å²) in [5, 5.41) is 11.4. The van der Waals surface area contributed by atoms with E-state index in [4.69, 9.17) is 25.9 Å². The summed E-state index contributed by atoms with van der Waals surface area (Å²) in [5.41, 5.74) is 1.63. The number of carbonyl (C=O) groups is 2. The van der Waals surface area contributed by atoms with E-state index in [1.54, 1.807) is 18.2 Å². The zero-order valence-electron chi connectivity index (χ0n) is 12.3. The molecule has 3 rings (SSSR count). The Bertz CT molecular complexity index is 783. The van der Waals surface area contributed by atoms with Crippen molar-refractivity contribution in [3.8, 4) is 17.1 Å². The summed E-state index contributed by atoms with van der Waals surface area (Å²) < 4.78 is 11.2. The number of benzene rings is 1. The van der Waals surface area contributed by atoms with E-state index >= 15 is 0 Å². The Morgan fingerprint density at radius 3 is 2.83 bits per heavy atom. The SMILES string of the molecule is CC(=O)c1ccc(-c2cc(Cl)c3c(c2)CC(CNC(=O)O)O3)o1. The van der Waals surface area contributed by atoms with Crippen LogP contribution in [-0.4, -0.2) is 29.6 Å². The molecular weight excluding hydrogens is 322 g/mol. The first-order valence-corrected chi connectivity index (χ1v) is 7.39. The fourth-order valence-electron chi connectivity index (χ4n) is 2.53. The molecule has 2 heterocycles. The fourth-order valence-corrected chi connectivity index (χ4v) is 2.81. The Morgan fingerprint density at radius 1 is 1.39 bits per heavy atom. The maximum Gasteiger partial charge on any atom is 0.404 e. The maximum atomic E-state index is 11.3. The van der Waals surface area contributed by atoms with Crippen LogP contribution in [0.5, 0.6) is 5.75 Å². The number of Topliss-reactive ketones (excluding diaryl/α,β-unsaturated/α-hetero) is 1. The summed E-state index contributed by atoms with van der Waals surface area (Å²) in [6.45, 7) is 1.62. The standard InChI is InChI=1S/C16H14ClNO5/c1-8(19)13-2-3-14(23-13)9-4-10-5-11(7-18-16(20)21)22-15(10)12(17)6-9/h2-4,6,11,18H,5,7H2,1H3,(H,20,21). The molecule has 1 unspecified atom stereocenters. The summed E-state index contributed by atoms with van der Waals surface area (Å²) in [6, 6.07) is 6.92. The van der Waals surface area contributed by atoms with Gasteiger partial charge in [0, 0.05) is 24.5 Å². The lowest BCUT2D eigenvalue weighted by molar-refractivity contribution is 0.0988. The van der Waals surface area contributed by atoms with E-state index in [0.717, 1.165) is 11.1 Å². The Morgan fingerprint density at radius 2 is 2.17 bits per heavy atom. The molecular formula is C16H14ClNO5. The number of ketones is 1. The number of fused-ring (bicyclic) bond motifs is 1. The number of rotatable bonds is 4. The zero-order valence-corrected chi connectivity index (χ0v) is 13.0. The second-order valence-corrected chi connectivity index (χ2v) is 5.70. The van der Waals surface area contributed by atoms with Crippen molar-refractivity contribution in [2.75, 3.05) is 6.54 Å². The number of ether oxygens (including phenoxy) is 1. The normalized spacial score (nSPS) is 15.8. The molecule has 0 radical (unpaired) electrons. The maximum absolute atomic E-state index is 11.3. The number of hydrogen-bond donors (Lipinski definition) is 2. The predicted octanol–water partition coefficient (Wildman–Crippen LogP) is 3.37. The van der Waals surface area contributed by atoms with Gasteiger partial charge in [-0.15, -0.1) is 0 Å². The minimum atomic E-state index is -1.09. The van der Waals surface area contributed by atoms with Crippen molar-refractivity contribution in [3.05, 3.63) is 40.6 Å². The smallest absolute Gasteiger partial charge is 0.404 e. The molecule has 0 spiro atoms. The van der Waals surface area contributed by atoms with Crippen LogP contribution in [0.3, 0.4) is 0 Å². The predicted molar refractivity (Wildman–Crippen MR) is 83.3 cm³/mol. The molecule has 2 N–H and O–H groups in total. The van der Waals surface area contributed by atoms with E-state index < -0.39 is 6.09 Å². The lowest BCUT2D eigenvalue weighted by atomic mass is 10.0. The molecule has 1 amide bonds. The average Bonchev–Trinajstić information content (AvgIpc) is 3.11. The molecule has 0 fully saturated rings. The van der Waals surface area contributed by atoms with Crippen molar-refractivity contribution in [1.82, 2.24) is 5.32 Å². The van der Waals surface area contributed by atoms with Crippen LogP contribution in [0.2, 0.25) is 5.02 Å². The molecule has 1 atom stereocenters. The van der Waals surface area contributed by atoms with Crippen molar-refractivity contribution < 1.29 is 23.8 Å². The second kappa shape index (κ2) is 5.96. The van der Waals surface area contributed by atoms with Gasteiger partial charge >= 0.3 is 6.09 Å². The molecule has 1 aliphatic rings. The lowest BCUT2D eigenvalue weighted by Crippen LogP contribution is -2.33. The van der Waals surface area contributed by atoms with Crippen molar-refractivity contribution in [1.29, 1.82) is 0 Å². The molecule has 23 heavy (non-hydrogen) atoms. The number of furan rings is 1. The third-order valence-corrected chi connectivity index (χ3v) is 3.85. The molecule has 0 saturated heterocycles. The first kappa shape index (κ1) is 15.4. The van der Waals surface area contributed by atoms with Gasteiger partial charge in [-0.2, -0.15) is 0 Å². The highest BCUT2D eigenvalue weighted by Crippen LogP contribution is 2.39. The Labute approximate surface area is 137 Å². The van der Waals surface area contributed by atoms with Gasteiger partial charge in [-0.3, -0.25) is 4.79 Å². The first-order valence-electron chi connectivity index (χ1n) is 7.01. The number of nitrogens with one attached hydrogen (secondary N) is 1. The van der Waals surface area contributed by atoms with Gasteiger partial charge in [-0.1, -0.05) is 11.6 Å². The van der Waals surface area contributed by atoms with Gasteiger partial charge in [0.2, 0.25) is 0 Å². The molecule has 7 heteroatoms. The Hall–Kier alpha value is -2.47. The topological polar surface area (TPSA) is 88.8 Å². The number of amides is 1. The Kier molecular flexibility index (Phi) is 4.00. The largest absolute Gasteiger partial charge is 0.486 e. The average molecular weight is 336 g/mol. The molecule has 6 nitrogen and oxygen atoms in total. The van der Waals surface area contributed by atoms with Crippen LogP contribution in [0.15, 0.2) is 28.7 Å². The number of halogens is 1. The zero-order chi connectivity index (χ0) is 16.6. The quantitative estimate of drug-likeness (QED) is 0.836. The Balaban J connectivity index is 1.84. The lowest BCUT2D eigenvalue weighted by Gasteiger charge is -2.10. The number of carbonyl (C=O) groups excluding carboxylic acids is 1. The molecule has 120 valence electrons. The highest BCUT2D eigenvalue weighted by atomic mass is 35.5. The van der Waals surface area contributed by atoms with Gasteiger partial charge in [0.15, 0.2) is 11.5 Å². The van der Waals surface area contributed by atoms with E-state index in [9.17, 15) is 9.59 Å². The van der Waals surface area contributed by atoms with Crippen LogP contribution < -0.4 is 10.1 Å². The summed E-state index contributed by atoms with van der Waals surface area (Å²) in [7, 11) is 0. The molecule has 2 aromatic rings. The van der Waals surface area contributed by atoms with Crippen molar-refractivity contribution >= 4 is 23.5 Å². The molecule has 1 aromatic heterocycles. The highest BCUT2D eigenvalue weighted by molar-refractivity contribution is 6.32. The summed E-state index contributed by atoms with van der Waals surface area (Å²) in [6.07, 6.45) is -0.842. The van der Waals surface area contributed by atoms with Crippen LogP contribution in [0.4, 0.5) is 4.79 Å². The van der Waals surface area contributed by atoms with E-state index in [2.05, 4.69) is 5.32 Å². The van der Waals surface area contributed by atoms with Gasteiger partial charge in [-0.25, -0.2) is 4.79 Å². The molecule has 0 saturated carbocycles. The van der Waals surface area contributed by atoms with Gasteiger partial charge in [-0.05, 0) is 24.3 Å². The van der Waals surface area contributed by atoms with E-state index in [1.807, 2.05) is 6.07 Å². The third kappa shape index (κ3) is 3.17. The van der Waals surface area contributed by atoms with Gasteiger partial charge in [0.25, 0.3) is 0 Å². The number of hydrogen-bond acceptors (Lipinski definition) is 4. The molecule has 1 aromatic carbocycles. The van der Waals surface area contributed by atoms with Crippen LogP contribution >= 0.6 is 11.6 Å². The van der Waals surface area contributed by atoms with Gasteiger partial charge < -0.3 is 19.6 Å². The minimum Gasteiger partial charge on any atom is -0.486 e. The van der Waals surface area contributed by atoms with Crippen LogP contribution in [-0.2, 0) is 6.42 Å². The van der Waals surface area contributed by atoms with Crippen LogP contribution in [0.25, 0.3) is 11.3 Å². The molecule has 0 bridgehead atoms. The second-order valence-electron chi connectivity index (χ2n) is 5.30. The number of carboxylic acid groups (broad SMARTS) is 1. The molecule has 1 aliphatic heterocycles. The van der Waals surface area contributed by atoms with Crippen molar-refractivity contribution in [2.24, 2.45) is 0 Å². The fraction of sp³-hybridized carbons (Fsp3) is 0.250. The summed E-state index contributed by atoms with van der Waals surface area (Å²) in [4.78, 5) is 21.9. The summed E-state index contributed by atoms with van der Waals surface area (Å²) in [5.74, 6) is 1.25. The van der Waals surface area contributed by atoms with Gasteiger partial charge in [0.05, 0.1) is 11.6 Å². The van der Waals surface area contributed by atoms with E-state index in [0.29, 0.717) is 23.0 Å². The van der Waals surface area contributed by atoms with Crippen molar-refractivity contribution in [3.63, 3.8) is 0 Å². The first-order chi connectivity index (χ1) is 10.9. The molecule has 0 aliphatic carbocycles. The van der Waals surface area contributed by atoms with Crippen LogP contribution in [0, 0.1) is 0 Å². The van der Waals surface area contributed by atoms with E-state index in [1.165, 1.54) is 6.92 Å². The summed E-state index contributed by atoms with van der Waals surface area (Å²) >= 11 is 6.25. The third-order valence-electron chi connectivity index (χ3n) is 3.57. The van der Waals surface area contributed by atoms with E-state index in [-0.39, 0.29) is 24.2 Å².